The van der Waals surface area contributed by atoms with Gasteiger partial charge in [-0.15, -0.1) is 0 Å². The molecule has 2 aromatic rings. The van der Waals surface area contributed by atoms with Crippen LogP contribution in [-0.2, 0) is 4.79 Å². The van der Waals surface area contributed by atoms with Crippen molar-refractivity contribution in [3.8, 4) is 5.75 Å². The summed E-state index contributed by atoms with van der Waals surface area (Å²) < 4.78 is 5.27. The number of para-hydroxylation sites is 2. The van der Waals surface area contributed by atoms with Crippen molar-refractivity contribution in [1.82, 2.24) is 0 Å². The molecule has 24 heavy (non-hydrogen) atoms. The van der Waals surface area contributed by atoms with Crippen molar-refractivity contribution in [3.05, 3.63) is 53.6 Å². The number of benzene rings is 2. The SMILES string of the molecule is COc1cc(C(=O)Nc2ccccc2N2CCCC2=O)ccc1C. The van der Waals surface area contributed by atoms with Crippen molar-refractivity contribution >= 4 is 23.2 Å². The summed E-state index contributed by atoms with van der Waals surface area (Å²) in [6.07, 6.45) is 1.40. The summed E-state index contributed by atoms with van der Waals surface area (Å²) in [5.74, 6) is 0.534. The molecule has 1 heterocycles. The van der Waals surface area contributed by atoms with E-state index < -0.39 is 0 Å². The zero-order valence-electron chi connectivity index (χ0n) is 13.8. The molecule has 1 N–H and O–H groups in total. The largest absolute Gasteiger partial charge is 0.496 e. The van der Waals surface area contributed by atoms with Crippen molar-refractivity contribution in [2.75, 3.05) is 23.9 Å². The molecule has 0 unspecified atom stereocenters. The third-order valence-electron chi connectivity index (χ3n) is 4.19. The summed E-state index contributed by atoms with van der Waals surface area (Å²) in [6, 6.07) is 12.7. The third-order valence-corrected chi connectivity index (χ3v) is 4.19. The maximum atomic E-state index is 12.6. The second-order valence-corrected chi connectivity index (χ2v) is 5.80. The Morgan fingerprint density at radius 3 is 2.71 bits per heavy atom. The van der Waals surface area contributed by atoms with Crippen LogP contribution in [0.5, 0.6) is 5.75 Å². The highest BCUT2D eigenvalue weighted by Crippen LogP contribution is 2.30. The van der Waals surface area contributed by atoms with E-state index in [2.05, 4.69) is 5.32 Å². The van der Waals surface area contributed by atoms with E-state index >= 15 is 0 Å². The standard InChI is InChI=1S/C19H20N2O3/c1-13-9-10-14(12-17(13)24-2)19(23)20-15-6-3-4-7-16(15)21-11-5-8-18(21)22/h3-4,6-7,9-10,12H,5,8,11H2,1-2H3,(H,20,23). The predicted octanol–water partition coefficient (Wildman–Crippen LogP) is 3.38. The molecule has 0 aromatic heterocycles. The first-order valence-electron chi connectivity index (χ1n) is 7.95. The van der Waals surface area contributed by atoms with Crippen LogP contribution < -0.4 is 15.0 Å². The van der Waals surface area contributed by atoms with Crippen LogP contribution >= 0.6 is 0 Å². The molecule has 0 saturated carbocycles. The van der Waals surface area contributed by atoms with E-state index in [0.29, 0.717) is 30.0 Å². The summed E-state index contributed by atoms with van der Waals surface area (Å²) in [5.41, 5.74) is 2.86. The zero-order chi connectivity index (χ0) is 17.1. The van der Waals surface area contributed by atoms with E-state index in [1.165, 1.54) is 0 Å². The average Bonchev–Trinajstić information content (AvgIpc) is 3.01. The van der Waals surface area contributed by atoms with Gasteiger partial charge in [-0.2, -0.15) is 0 Å². The number of hydrogen-bond acceptors (Lipinski definition) is 3. The number of nitrogens with one attached hydrogen (secondary N) is 1. The molecule has 0 spiro atoms. The number of hydrogen-bond donors (Lipinski definition) is 1. The minimum Gasteiger partial charge on any atom is -0.496 e. The van der Waals surface area contributed by atoms with Gasteiger partial charge < -0.3 is 15.0 Å². The minimum atomic E-state index is -0.229. The molecule has 0 bridgehead atoms. The Balaban J connectivity index is 1.86. The molecule has 1 aliphatic heterocycles. The number of carbonyl (C=O) groups excluding carboxylic acids is 2. The number of amides is 2. The molecule has 1 saturated heterocycles. The Hall–Kier alpha value is -2.82. The summed E-state index contributed by atoms with van der Waals surface area (Å²) in [5, 5.41) is 2.91. The number of aryl methyl sites for hydroxylation is 1. The van der Waals surface area contributed by atoms with Gasteiger partial charge in [-0.25, -0.2) is 0 Å². The maximum Gasteiger partial charge on any atom is 0.255 e. The number of nitrogens with zero attached hydrogens (tertiary/aromatic N) is 1. The lowest BCUT2D eigenvalue weighted by Gasteiger charge is -2.20. The minimum absolute atomic E-state index is 0.0914. The first kappa shape index (κ1) is 16.1. The molecule has 0 aliphatic carbocycles. The van der Waals surface area contributed by atoms with Crippen molar-refractivity contribution in [2.45, 2.75) is 19.8 Å². The molecule has 5 nitrogen and oxygen atoms in total. The van der Waals surface area contributed by atoms with Gasteiger partial charge >= 0.3 is 0 Å². The molecular formula is C19H20N2O3. The van der Waals surface area contributed by atoms with Crippen LogP contribution in [0.25, 0.3) is 0 Å². The van der Waals surface area contributed by atoms with Crippen LogP contribution in [0.3, 0.4) is 0 Å². The normalized spacial score (nSPS) is 13.9. The molecule has 124 valence electrons. The van der Waals surface area contributed by atoms with E-state index in [4.69, 9.17) is 4.74 Å². The van der Waals surface area contributed by atoms with Gasteiger partial charge in [0.15, 0.2) is 0 Å². The number of anilines is 2. The Labute approximate surface area is 141 Å². The van der Waals surface area contributed by atoms with Gasteiger partial charge in [0, 0.05) is 18.5 Å². The van der Waals surface area contributed by atoms with Crippen LogP contribution in [0.1, 0.15) is 28.8 Å². The van der Waals surface area contributed by atoms with Gasteiger partial charge in [-0.1, -0.05) is 18.2 Å². The fourth-order valence-electron chi connectivity index (χ4n) is 2.87. The number of methoxy groups -OCH3 is 1. The third kappa shape index (κ3) is 3.11. The Morgan fingerprint density at radius 2 is 2.00 bits per heavy atom. The van der Waals surface area contributed by atoms with Crippen molar-refractivity contribution in [1.29, 1.82) is 0 Å². The summed E-state index contributed by atoms with van der Waals surface area (Å²) in [7, 11) is 1.58. The highest BCUT2D eigenvalue weighted by molar-refractivity contribution is 6.08. The second kappa shape index (κ2) is 6.74. The molecule has 5 heteroatoms. The molecule has 2 aromatic carbocycles. The molecule has 2 amide bonds. The smallest absolute Gasteiger partial charge is 0.255 e. The lowest BCUT2D eigenvalue weighted by atomic mass is 10.1. The van der Waals surface area contributed by atoms with Crippen molar-refractivity contribution in [2.24, 2.45) is 0 Å². The fraction of sp³-hybridized carbons (Fsp3) is 0.263. The lowest BCUT2D eigenvalue weighted by Crippen LogP contribution is -2.25. The second-order valence-electron chi connectivity index (χ2n) is 5.80. The Morgan fingerprint density at radius 1 is 1.21 bits per heavy atom. The summed E-state index contributed by atoms with van der Waals surface area (Å²) >= 11 is 0. The molecule has 3 rings (SSSR count). The van der Waals surface area contributed by atoms with Gasteiger partial charge in [0.25, 0.3) is 5.91 Å². The number of ether oxygens (including phenoxy) is 1. The van der Waals surface area contributed by atoms with Gasteiger partial charge in [-0.3, -0.25) is 9.59 Å². The quantitative estimate of drug-likeness (QED) is 0.938. The van der Waals surface area contributed by atoms with Crippen molar-refractivity contribution < 1.29 is 14.3 Å². The molecular weight excluding hydrogens is 304 g/mol. The van der Waals surface area contributed by atoms with Crippen LogP contribution in [0.2, 0.25) is 0 Å². The lowest BCUT2D eigenvalue weighted by molar-refractivity contribution is -0.117. The highest BCUT2D eigenvalue weighted by atomic mass is 16.5. The van der Waals surface area contributed by atoms with E-state index in [1.54, 1.807) is 24.1 Å². The van der Waals surface area contributed by atoms with Crippen molar-refractivity contribution in [3.63, 3.8) is 0 Å². The van der Waals surface area contributed by atoms with Gasteiger partial charge in [-0.05, 0) is 43.2 Å². The van der Waals surface area contributed by atoms with E-state index in [0.717, 1.165) is 17.7 Å². The van der Waals surface area contributed by atoms with E-state index in [9.17, 15) is 9.59 Å². The highest BCUT2D eigenvalue weighted by Gasteiger charge is 2.24. The van der Waals surface area contributed by atoms with E-state index in [1.807, 2.05) is 37.3 Å². The van der Waals surface area contributed by atoms with Gasteiger partial charge in [0.05, 0.1) is 18.5 Å². The number of carbonyl (C=O) groups is 2. The number of rotatable bonds is 4. The van der Waals surface area contributed by atoms with Crippen LogP contribution in [0.4, 0.5) is 11.4 Å². The maximum absolute atomic E-state index is 12.6. The zero-order valence-corrected chi connectivity index (χ0v) is 13.8. The Kier molecular flexibility index (Phi) is 4.51. The van der Waals surface area contributed by atoms with Crippen LogP contribution in [0, 0.1) is 6.92 Å². The molecule has 0 radical (unpaired) electrons. The molecule has 0 atom stereocenters. The van der Waals surface area contributed by atoms with Crippen LogP contribution in [-0.4, -0.2) is 25.5 Å². The van der Waals surface area contributed by atoms with Crippen LogP contribution in [0.15, 0.2) is 42.5 Å². The molecule has 1 fully saturated rings. The Bertz CT molecular complexity index is 786. The summed E-state index contributed by atoms with van der Waals surface area (Å²) in [4.78, 5) is 26.3. The predicted molar refractivity (Wildman–Crippen MR) is 93.7 cm³/mol. The average molecular weight is 324 g/mol. The molecule has 1 aliphatic rings. The first-order chi connectivity index (χ1) is 11.6. The first-order valence-corrected chi connectivity index (χ1v) is 7.95. The topological polar surface area (TPSA) is 58.6 Å². The fourth-order valence-corrected chi connectivity index (χ4v) is 2.87. The van der Waals surface area contributed by atoms with E-state index in [-0.39, 0.29) is 11.8 Å². The van der Waals surface area contributed by atoms with Gasteiger partial charge in [0.1, 0.15) is 5.75 Å². The summed E-state index contributed by atoms with van der Waals surface area (Å²) in [6.45, 7) is 2.61. The van der Waals surface area contributed by atoms with Gasteiger partial charge in [0.2, 0.25) is 5.91 Å². The monoisotopic (exact) mass is 324 g/mol.